The van der Waals surface area contributed by atoms with E-state index >= 15 is 0 Å². The van der Waals surface area contributed by atoms with E-state index in [1.807, 2.05) is 25.1 Å². The molecule has 0 spiro atoms. The summed E-state index contributed by atoms with van der Waals surface area (Å²) in [6, 6.07) is 12.0. The van der Waals surface area contributed by atoms with Crippen LogP contribution in [0.2, 0.25) is 5.02 Å². The summed E-state index contributed by atoms with van der Waals surface area (Å²) in [6.45, 7) is 10.1. The lowest BCUT2D eigenvalue weighted by Crippen LogP contribution is -2.13. The van der Waals surface area contributed by atoms with Gasteiger partial charge in [-0.1, -0.05) is 47.5 Å². The average Bonchev–Trinajstić information content (AvgIpc) is 2.58. The highest BCUT2D eigenvalue weighted by atomic mass is 35.5. The third kappa shape index (κ3) is 5.29. The second kappa shape index (κ2) is 9.36. The summed E-state index contributed by atoms with van der Waals surface area (Å²) in [6.07, 6.45) is 1.82. The Morgan fingerprint density at radius 1 is 1.12 bits per heavy atom. The van der Waals surface area contributed by atoms with Crippen LogP contribution in [0.1, 0.15) is 23.6 Å². The fraction of sp³-hybridized carbons (Fsp3) is 0.300. The highest BCUT2D eigenvalue weighted by Gasteiger charge is 2.11. The summed E-state index contributed by atoms with van der Waals surface area (Å²) < 4.78 is 11.6. The molecule has 0 radical (unpaired) electrons. The standard InChI is InChI=1S/C20H24ClNO2/c1-4-10-22-13-17-11-19(23-5-2)20(12-18(17)21)24-14-16-8-6-15(3)7-9-16/h4,6-9,11-12,22H,1,5,10,13-14H2,2-3H3. The molecular weight excluding hydrogens is 322 g/mol. The second-order valence-corrected chi connectivity index (χ2v) is 5.92. The molecule has 0 atom stereocenters. The highest BCUT2D eigenvalue weighted by molar-refractivity contribution is 6.31. The van der Waals surface area contributed by atoms with Gasteiger partial charge in [-0.15, -0.1) is 6.58 Å². The van der Waals surface area contributed by atoms with Crippen molar-refractivity contribution in [2.75, 3.05) is 13.2 Å². The van der Waals surface area contributed by atoms with Crippen LogP contribution in [-0.4, -0.2) is 13.2 Å². The van der Waals surface area contributed by atoms with Crippen LogP contribution in [0.5, 0.6) is 11.5 Å². The molecule has 24 heavy (non-hydrogen) atoms. The van der Waals surface area contributed by atoms with E-state index in [-0.39, 0.29) is 0 Å². The number of aryl methyl sites for hydroxylation is 1. The molecule has 0 aromatic heterocycles. The Kier molecular flexibility index (Phi) is 7.16. The third-order valence-electron chi connectivity index (χ3n) is 3.53. The third-order valence-corrected chi connectivity index (χ3v) is 3.88. The van der Waals surface area contributed by atoms with Crippen molar-refractivity contribution in [3.63, 3.8) is 0 Å². The lowest BCUT2D eigenvalue weighted by molar-refractivity contribution is 0.269. The van der Waals surface area contributed by atoms with Gasteiger partial charge in [-0.05, 0) is 31.0 Å². The summed E-state index contributed by atoms with van der Waals surface area (Å²) in [4.78, 5) is 0. The van der Waals surface area contributed by atoms with E-state index in [4.69, 9.17) is 21.1 Å². The Hall–Kier alpha value is -1.97. The van der Waals surface area contributed by atoms with E-state index < -0.39 is 0 Å². The van der Waals surface area contributed by atoms with Gasteiger partial charge < -0.3 is 14.8 Å². The topological polar surface area (TPSA) is 30.5 Å². The van der Waals surface area contributed by atoms with Gasteiger partial charge in [-0.3, -0.25) is 0 Å². The maximum absolute atomic E-state index is 6.38. The van der Waals surface area contributed by atoms with Gasteiger partial charge >= 0.3 is 0 Å². The van der Waals surface area contributed by atoms with Gasteiger partial charge in [0.15, 0.2) is 11.5 Å². The monoisotopic (exact) mass is 345 g/mol. The molecule has 0 unspecified atom stereocenters. The molecule has 0 heterocycles. The fourth-order valence-corrected chi connectivity index (χ4v) is 2.47. The SMILES string of the molecule is C=CCNCc1cc(OCC)c(OCc2ccc(C)cc2)cc1Cl. The fourth-order valence-electron chi connectivity index (χ4n) is 2.25. The first-order valence-electron chi connectivity index (χ1n) is 8.09. The first kappa shape index (κ1) is 18.4. The highest BCUT2D eigenvalue weighted by Crippen LogP contribution is 2.34. The zero-order valence-electron chi connectivity index (χ0n) is 14.3. The van der Waals surface area contributed by atoms with Crippen LogP contribution in [0.25, 0.3) is 0 Å². The smallest absolute Gasteiger partial charge is 0.163 e. The van der Waals surface area contributed by atoms with E-state index in [1.54, 1.807) is 0 Å². The summed E-state index contributed by atoms with van der Waals surface area (Å²) in [7, 11) is 0. The van der Waals surface area contributed by atoms with Crippen LogP contribution < -0.4 is 14.8 Å². The van der Waals surface area contributed by atoms with Gasteiger partial charge in [0.05, 0.1) is 6.61 Å². The minimum atomic E-state index is 0.477. The molecule has 1 N–H and O–H groups in total. The number of ether oxygens (including phenoxy) is 2. The molecule has 2 rings (SSSR count). The molecule has 0 fully saturated rings. The normalized spacial score (nSPS) is 10.5. The Morgan fingerprint density at radius 2 is 1.83 bits per heavy atom. The molecule has 0 saturated heterocycles. The van der Waals surface area contributed by atoms with Gasteiger partial charge in [-0.25, -0.2) is 0 Å². The van der Waals surface area contributed by atoms with Gasteiger partial charge in [0.25, 0.3) is 0 Å². The molecule has 3 nitrogen and oxygen atoms in total. The van der Waals surface area contributed by atoms with Crippen molar-refractivity contribution in [2.45, 2.75) is 27.0 Å². The van der Waals surface area contributed by atoms with Crippen molar-refractivity contribution in [1.29, 1.82) is 0 Å². The number of nitrogens with one attached hydrogen (secondary N) is 1. The second-order valence-electron chi connectivity index (χ2n) is 5.52. The average molecular weight is 346 g/mol. The Morgan fingerprint density at radius 3 is 2.50 bits per heavy atom. The van der Waals surface area contributed by atoms with Crippen molar-refractivity contribution < 1.29 is 9.47 Å². The molecule has 0 aliphatic heterocycles. The maximum Gasteiger partial charge on any atom is 0.163 e. The van der Waals surface area contributed by atoms with E-state index in [1.165, 1.54) is 5.56 Å². The van der Waals surface area contributed by atoms with E-state index in [0.717, 1.165) is 17.7 Å². The number of rotatable bonds is 9. The van der Waals surface area contributed by atoms with E-state index in [9.17, 15) is 0 Å². The maximum atomic E-state index is 6.38. The molecule has 0 amide bonds. The van der Waals surface area contributed by atoms with Crippen molar-refractivity contribution in [1.82, 2.24) is 5.32 Å². The van der Waals surface area contributed by atoms with Crippen LogP contribution in [0.3, 0.4) is 0 Å². The number of hydrogen-bond donors (Lipinski definition) is 1. The molecule has 128 valence electrons. The van der Waals surface area contributed by atoms with Crippen LogP contribution in [-0.2, 0) is 13.2 Å². The first-order chi connectivity index (χ1) is 11.6. The van der Waals surface area contributed by atoms with E-state index in [0.29, 0.717) is 36.3 Å². The predicted molar refractivity (Wildman–Crippen MR) is 100 cm³/mol. The van der Waals surface area contributed by atoms with E-state index in [2.05, 4.69) is 43.1 Å². The first-order valence-corrected chi connectivity index (χ1v) is 8.47. The van der Waals surface area contributed by atoms with Crippen LogP contribution in [0.4, 0.5) is 0 Å². The molecule has 4 heteroatoms. The molecular formula is C20H24ClNO2. The van der Waals surface area contributed by atoms with Crippen molar-refractivity contribution in [3.05, 3.63) is 70.8 Å². The van der Waals surface area contributed by atoms with Crippen LogP contribution in [0, 0.1) is 6.92 Å². The summed E-state index contributed by atoms with van der Waals surface area (Å²) in [5.74, 6) is 1.37. The van der Waals surface area contributed by atoms with Gasteiger partial charge in [0.1, 0.15) is 6.61 Å². The van der Waals surface area contributed by atoms with Crippen LogP contribution >= 0.6 is 11.6 Å². The number of hydrogen-bond acceptors (Lipinski definition) is 3. The van der Waals surface area contributed by atoms with Crippen molar-refractivity contribution >= 4 is 11.6 Å². The molecule has 0 aliphatic carbocycles. The molecule has 0 saturated carbocycles. The van der Waals surface area contributed by atoms with Gasteiger partial charge in [0.2, 0.25) is 0 Å². The Labute approximate surface area is 149 Å². The lowest BCUT2D eigenvalue weighted by atomic mass is 10.1. The minimum Gasteiger partial charge on any atom is -0.490 e. The number of benzene rings is 2. The predicted octanol–water partition coefficient (Wildman–Crippen LogP) is 4.90. The Bertz CT molecular complexity index is 668. The summed E-state index contributed by atoms with van der Waals surface area (Å²) >= 11 is 6.38. The van der Waals surface area contributed by atoms with Gasteiger partial charge in [0, 0.05) is 24.2 Å². The number of halogens is 1. The molecule has 2 aromatic rings. The molecule has 0 bridgehead atoms. The molecule has 0 aliphatic rings. The largest absolute Gasteiger partial charge is 0.490 e. The van der Waals surface area contributed by atoms with Crippen molar-refractivity contribution in [2.24, 2.45) is 0 Å². The summed E-state index contributed by atoms with van der Waals surface area (Å²) in [5, 5.41) is 3.91. The molecule has 2 aromatic carbocycles. The summed E-state index contributed by atoms with van der Waals surface area (Å²) in [5.41, 5.74) is 3.31. The lowest BCUT2D eigenvalue weighted by Gasteiger charge is -2.15. The minimum absolute atomic E-state index is 0.477. The quantitative estimate of drug-likeness (QED) is 0.518. The van der Waals surface area contributed by atoms with Crippen LogP contribution in [0.15, 0.2) is 49.1 Å². The van der Waals surface area contributed by atoms with Crippen molar-refractivity contribution in [3.8, 4) is 11.5 Å². The van der Waals surface area contributed by atoms with Gasteiger partial charge in [-0.2, -0.15) is 0 Å². The Balaban J connectivity index is 2.13. The zero-order chi connectivity index (χ0) is 17.4. The zero-order valence-corrected chi connectivity index (χ0v) is 15.0.